The molecule has 1 amide bonds. The number of hydrogen-bond donors (Lipinski definition) is 2. The maximum Gasteiger partial charge on any atom is 0.426 e. The summed E-state index contributed by atoms with van der Waals surface area (Å²) in [7, 11) is 0. The third kappa shape index (κ3) is 8.50. The Bertz CT molecular complexity index is 876. The van der Waals surface area contributed by atoms with E-state index in [4.69, 9.17) is 4.74 Å². The fraction of sp³-hybridized carbons (Fsp3) is 0.462. The van der Waals surface area contributed by atoms with Gasteiger partial charge in [0, 0.05) is 24.4 Å². The molecular weight excluding hydrogens is 438 g/mol. The summed E-state index contributed by atoms with van der Waals surface area (Å²) in [5, 5.41) is 1.20. The van der Waals surface area contributed by atoms with Crippen molar-refractivity contribution in [2.45, 2.75) is 64.3 Å². The number of ether oxygens (including phenoxy) is 1. The zero-order valence-electron chi connectivity index (χ0n) is 20.1. The molecule has 34 heavy (non-hydrogen) atoms. The first-order valence-corrected chi connectivity index (χ1v) is 11.9. The lowest BCUT2D eigenvalue weighted by molar-refractivity contribution is 0.129. The number of pyridine rings is 1. The highest BCUT2D eigenvalue weighted by atomic mass is 19.2. The summed E-state index contributed by atoms with van der Waals surface area (Å²) >= 11 is 0. The fourth-order valence-electron chi connectivity index (χ4n) is 3.69. The molecule has 2 N–H and O–H groups in total. The molecule has 0 bridgehead atoms. The average molecular weight is 475 g/mol. The maximum absolute atomic E-state index is 13.2. The molecule has 6 nitrogen and oxygen atoms in total. The van der Waals surface area contributed by atoms with Crippen LogP contribution < -0.4 is 11.0 Å². The van der Waals surface area contributed by atoms with Crippen LogP contribution in [0.3, 0.4) is 0 Å². The molecule has 8 heteroatoms. The van der Waals surface area contributed by atoms with E-state index in [-0.39, 0.29) is 6.61 Å². The minimum atomic E-state index is -0.949. The molecule has 0 spiro atoms. The molecule has 186 valence electrons. The largest absolute Gasteiger partial charge is 0.446 e. The van der Waals surface area contributed by atoms with E-state index in [0.29, 0.717) is 12.1 Å². The SMILES string of the molecule is C=CCC.CCNNN1C(=O)OCC1c1ccc(F)c(F)c1.c1ccc(C2CCCCC2)nc1. The van der Waals surface area contributed by atoms with Gasteiger partial charge in [-0.15, -0.1) is 6.58 Å². The van der Waals surface area contributed by atoms with E-state index in [2.05, 4.69) is 41.6 Å². The topological polar surface area (TPSA) is 66.5 Å². The predicted molar refractivity (Wildman–Crippen MR) is 130 cm³/mol. The molecule has 1 atom stereocenters. The highest BCUT2D eigenvalue weighted by molar-refractivity contribution is 5.69. The minimum Gasteiger partial charge on any atom is -0.446 e. The van der Waals surface area contributed by atoms with E-state index in [0.717, 1.165) is 24.5 Å². The van der Waals surface area contributed by atoms with Gasteiger partial charge in [-0.3, -0.25) is 4.98 Å². The molecule has 2 heterocycles. The molecule has 1 saturated carbocycles. The van der Waals surface area contributed by atoms with Crippen molar-refractivity contribution >= 4 is 6.09 Å². The molecule has 2 fully saturated rings. The van der Waals surface area contributed by atoms with Crippen molar-refractivity contribution in [1.82, 2.24) is 21.0 Å². The second kappa shape index (κ2) is 15.1. The quantitative estimate of drug-likeness (QED) is 0.386. The Morgan fingerprint density at radius 1 is 1.15 bits per heavy atom. The summed E-state index contributed by atoms with van der Waals surface area (Å²) in [6, 6.07) is 9.26. The van der Waals surface area contributed by atoms with Gasteiger partial charge in [0.2, 0.25) is 0 Å². The van der Waals surface area contributed by atoms with E-state index in [9.17, 15) is 13.6 Å². The second-order valence-corrected chi connectivity index (χ2v) is 8.06. The number of hydrogen-bond acceptors (Lipinski definition) is 5. The van der Waals surface area contributed by atoms with Gasteiger partial charge >= 0.3 is 6.09 Å². The van der Waals surface area contributed by atoms with Crippen LogP contribution in [-0.4, -0.2) is 29.2 Å². The van der Waals surface area contributed by atoms with Crippen LogP contribution in [0.5, 0.6) is 0 Å². The van der Waals surface area contributed by atoms with Gasteiger partial charge in [-0.1, -0.05) is 51.3 Å². The summed E-state index contributed by atoms with van der Waals surface area (Å²) in [5.41, 5.74) is 7.18. The maximum atomic E-state index is 13.2. The molecule has 1 saturated heterocycles. The van der Waals surface area contributed by atoms with E-state index >= 15 is 0 Å². The number of allylic oxidation sites excluding steroid dienone is 1. The Morgan fingerprint density at radius 3 is 2.47 bits per heavy atom. The van der Waals surface area contributed by atoms with Gasteiger partial charge in [-0.2, -0.15) is 5.53 Å². The number of benzene rings is 1. The lowest BCUT2D eigenvalue weighted by Gasteiger charge is -2.22. The van der Waals surface area contributed by atoms with Crippen LogP contribution in [0, 0.1) is 11.6 Å². The first kappa shape index (κ1) is 27.4. The zero-order valence-corrected chi connectivity index (χ0v) is 20.1. The molecule has 1 unspecified atom stereocenters. The number of carbonyl (C=O) groups excluding carboxylic acids is 1. The zero-order chi connectivity index (χ0) is 24.8. The van der Waals surface area contributed by atoms with Gasteiger partial charge in [0.1, 0.15) is 12.6 Å². The van der Waals surface area contributed by atoms with Gasteiger partial charge in [0.05, 0.1) is 0 Å². The van der Waals surface area contributed by atoms with E-state index in [1.165, 1.54) is 48.9 Å². The molecule has 1 aliphatic carbocycles. The Labute approximate surface area is 201 Å². The van der Waals surface area contributed by atoms with Crippen LogP contribution in [0.25, 0.3) is 0 Å². The lowest BCUT2D eigenvalue weighted by Crippen LogP contribution is -2.48. The van der Waals surface area contributed by atoms with Crippen molar-refractivity contribution in [2.75, 3.05) is 13.2 Å². The van der Waals surface area contributed by atoms with Gasteiger partial charge in [-0.25, -0.2) is 24.0 Å². The third-order valence-electron chi connectivity index (χ3n) is 5.58. The van der Waals surface area contributed by atoms with Crippen LogP contribution in [0.2, 0.25) is 0 Å². The summed E-state index contributed by atoms with van der Waals surface area (Å²) in [4.78, 5) is 15.9. The Kier molecular flexibility index (Phi) is 12.2. The summed E-state index contributed by atoms with van der Waals surface area (Å²) in [5.74, 6) is -1.12. The first-order chi connectivity index (χ1) is 16.5. The van der Waals surface area contributed by atoms with Crippen molar-refractivity contribution in [3.05, 3.63) is 78.1 Å². The van der Waals surface area contributed by atoms with Gasteiger partial charge < -0.3 is 4.74 Å². The Hall–Kier alpha value is -2.84. The first-order valence-electron chi connectivity index (χ1n) is 11.9. The van der Waals surface area contributed by atoms with Crippen molar-refractivity contribution in [2.24, 2.45) is 0 Å². The number of cyclic esters (lactones) is 1. The number of aromatic nitrogens is 1. The fourth-order valence-corrected chi connectivity index (χ4v) is 3.69. The third-order valence-corrected chi connectivity index (χ3v) is 5.58. The molecule has 4 rings (SSSR count). The van der Waals surface area contributed by atoms with Gasteiger partial charge in [0.25, 0.3) is 0 Å². The van der Waals surface area contributed by atoms with Crippen LogP contribution in [-0.2, 0) is 4.74 Å². The number of halogens is 2. The average Bonchev–Trinajstić information content (AvgIpc) is 3.26. The van der Waals surface area contributed by atoms with Gasteiger partial charge in [0.15, 0.2) is 11.6 Å². The van der Waals surface area contributed by atoms with E-state index in [1.54, 1.807) is 0 Å². The number of carbonyl (C=O) groups is 1. The number of rotatable bonds is 6. The normalized spacial score (nSPS) is 17.7. The molecular formula is C26H36F2N4O2. The Morgan fingerprint density at radius 2 is 1.88 bits per heavy atom. The van der Waals surface area contributed by atoms with Crippen LogP contribution in [0.4, 0.5) is 13.6 Å². The van der Waals surface area contributed by atoms with Crippen molar-refractivity contribution in [3.63, 3.8) is 0 Å². The number of hydrazine groups is 2. The number of nitrogens with zero attached hydrogens (tertiary/aromatic N) is 2. The lowest BCUT2D eigenvalue weighted by atomic mass is 9.87. The van der Waals surface area contributed by atoms with Crippen molar-refractivity contribution < 1.29 is 18.3 Å². The van der Waals surface area contributed by atoms with Crippen LogP contribution >= 0.6 is 0 Å². The molecule has 1 aromatic carbocycles. The van der Waals surface area contributed by atoms with Gasteiger partial charge in [-0.05, 0) is 49.1 Å². The van der Waals surface area contributed by atoms with E-state index in [1.807, 2.05) is 25.3 Å². The molecule has 1 aliphatic heterocycles. The van der Waals surface area contributed by atoms with Crippen LogP contribution in [0.1, 0.15) is 75.6 Å². The highest BCUT2D eigenvalue weighted by Gasteiger charge is 2.34. The second-order valence-electron chi connectivity index (χ2n) is 8.06. The summed E-state index contributed by atoms with van der Waals surface area (Å²) in [6.07, 6.45) is 11.2. The highest BCUT2D eigenvalue weighted by Crippen LogP contribution is 2.31. The smallest absolute Gasteiger partial charge is 0.426 e. The van der Waals surface area contributed by atoms with Crippen molar-refractivity contribution in [1.29, 1.82) is 0 Å². The standard InChI is InChI=1S/C11H13F2N3O2.C11H15N.C4H8/c1-2-14-15-16-10(6-18-11(16)17)7-3-4-8(12)9(13)5-7;1-2-6-10(7-3-1)11-8-4-5-9-12-11;1-3-4-2/h3-5,10,14-15H,2,6H2,1H3;4-5,8-10H,1-3,6-7H2;3H,1,4H2,2H3. The molecule has 0 radical (unpaired) electrons. The van der Waals surface area contributed by atoms with E-state index < -0.39 is 23.8 Å². The summed E-state index contributed by atoms with van der Waals surface area (Å²) < 4.78 is 30.9. The van der Waals surface area contributed by atoms with Crippen LogP contribution in [0.15, 0.2) is 55.3 Å². The van der Waals surface area contributed by atoms with Crippen molar-refractivity contribution in [3.8, 4) is 0 Å². The number of amides is 1. The molecule has 2 aliphatic rings. The molecule has 1 aromatic heterocycles. The predicted octanol–water partition coefficient (Wildman–Crippen LogP) is 6.20. The molecule has 2 aromatic rings. The number of nitrogens with one attached hydrogen (secondary N) is 2. The Balaban J connectivity index is 0.000000219. The summed E-state index contributed by atoms with van der Waals surface area (Å²) in [6.45, 7) is 8.07. The monoisotopic (exact) mass is 474 g/mol. The minimum absolute atomic E-state index is 0.0856.